The van der Waals surface area contributed by atoms with Gasteiger partial charge in [-0.3, -0.25) is 4.79 Å². The summed E-state index contributed by atoms with van der Waals surface area (Å²) < 4.78 is 11.3. The molecule has 0 saturated carbocycles. The molecule has 0 bridgehead atoms. The van der Waals surface area contributed by atoms with E-state index in [4.69, 9.17) is 9.16 Å². The molecule has 0 atom stereocenters. The van der Waals surface area contributed by atoms with Gasteiger partial charge < -0.3 is 9.16 Å². The zero-order chi connectivity index (χ0) is 12.6. The van der Waals surface area contributed by atoms with Gasteiger partial charge in [-0.25, -0.2) is 0 Å². The molecule has 0 aromatic heterocycles. The number of ketones is 1. The molecule has 2 rings (SSSR count). The molecule has 0 heterocycles. The lowest BCUT2D eigenvalue weighted by Gasteiger charge is -2.21. The van der Waals surface area contributed by atoms with Crippen molar-refractivity contribution in [2.45, 2.75) is 32.5 Å². The lowest BCUT2D eigenvalue weighted by Crippen LogP contribution is -2.29. The minimum absolute atomic E-state index is 0.206. The molecular weight excluding hydrogens is 232 g/mol. The highest BCUT2D eigenvalue weighted by atomic mass is 28.4. The Kier molecular flexibility index (Phi) is 2.99. The van der Waals surface area contributed by atoms with Crippen molar-refractivity contribution in [3.05, 3.63) is 23.3 Å². The topological polar surface area (TPSA) is 35.5 Å². The number of ether oxygens (including phenoxy) is 1. The van der Waals surface area contributed by atoms with E-state index >= 15 is 0 Å². The third kappa shape index (κ3) is 2.52. The quantitative estimate of drug-likeness (QED) is 0.773. The van der Waals surface area contributed by atoms with Crippen molar-refractivity contribution in [1.29, 1.82) is 0 Å². The van der Waals surface area contributed by atoms with E-state index in [1.807, 2.05) is 12.1 Å². The number of methoxy groups -OCH3 is 1. The van der Waals surface area contributed by atoms with Crippen LogP contribution in [0.1, 0.15) is 22.3 Å². The van der Waals surface area contributed by atoms with Crippen LogP contribution in [0.2, 0.25) is 19.6 Å². The van der Waals surface area contributed by atoms with Gasteiger partial charge in [0.25, 0.3) is 0 Å². The van der Waals surface area contributed by atoms with Crippen LogP contribution in [0.15, 0.2) is 12.1 Å². The summed E-state index contributed by atoms with van der Waals surface area (Å²) in [5, 5.41) is 0. The first-order valence-corrected chi connectivity index (χ1v) is 9.24. The summed E-state index contributed by atoms with van der Waals surface area (Å²) in [5.41, 5.74) is 1.88. The minimum Gasteiger partial charge on any atom is -0.542 e. The Morgan fingerprint density at radius 3 is 2.41 bits per heavy atom. The third-order valence-corrected chi connectivity index (χ3v) is 3.56. The number of Topliss-reactive ketones (excluding diaryl/α,β-unsaturated/α-hetero) is 1. The third-order valence-electron chi connectivity index (χ3n) is 2.73. The van der Waals surface area contributed by atoms with E-state index in [-0.39, 0.29) is 5.78 Å². The Hall–Kier alpha value is -1.29. The fourth-order valence-electron chi connectivity index (χ4n) is 2.02. The largest absolute Gasteiger partial charge is 0.542 e. The van der Waals surface area contributed by atoms with Gasteiger partial charge in [0.05, 0.1) is 7.11 Å². The number of aryl methyl sites for hydroxylation is 1. The Morgan fingerprint density at radius 1 is 1.12 bits per heavy atom. The van der Waals surface area contributed by atoms with Crippen LogP contribution in [0.5, 0.6) is 11.5 Å². The van der Waals surface area contributed by atoms with Gasteiger partial charge >= 0.3 is 0 Å². The van der Waals surface area contributed by atoms with E-state index in [1.54, 1.807) is 7.11 Å². The molecule has 17 heavy (non-hydrogen) atoms. The lowest BCUT2D eigenvalue weighted by molar-refractivity contribution is 0.0994. The Bertz CT molecular complexity index is 460. The fraction of sp³-hybridized carbons (Fsp3) is 0.462. The van der Waals surface area contributed by atoms with Crippen molar-refractivity contribution < 1.29 is 14.0 Å². The molecule has 4 heteroatoms. The molecule has 1 aromatic carbocycles. The SMILES string of the molecule is COc1cc2c(cc1O[Si](C)(C)C)CCC2=O. The first kappa shape index (κ1) is 12.2. The average molecular weight is 250 g/mol. The summed E-state index contributed by atoms with van der Waals surface area (Å²) in [6.45, 7) is 6.39. The zero-order valence-corrected chi connectivity index (χ0v) is 11.8. The number of rotatable bonds is 3. The van der Waals surface area contributed by atoms with E-state index in [9.17, 15) is 4.79 Å². The molecule has 92 valence electrons. The van der Waals surface area contributed by atoms with Gasteiger partial charge in [-0.1, -0.05) is 0 Å². The van der Waals surface area contributed by atoms with Crippen molar-refractivity contribution in [2.24, 2.45) is 0 Å². The minimum atomic E-state index is -1.66. The second kappa shape index (κ2) is 4.18. The summed E-state index contributed by atoms with van der Waals surface area (Å²) in [5.74, 6) is 1.65. The second-order valence-corrected chi connectivity index (χ2v) is 9.73. The van der Waals surface area contributed by atoms with Crippen LogP contribution in [0.4, 0.5) is 0 Å². The highest BCUT2D eigenvalue weighted by Crippen LogP contribution is 2.36. The molecule has 0 amide bonds. The van der Waals surface area contributed by atoms with Crippen molar-refractivity contribution >= 4 is 14.1 Å². The van der Waals surface area contributed by atoms with E-state index < -0.39 is 8.32 Å². The van der Waals surface area contributed by atoms with Crippen LogP contribution < -0.4 is 9.16 Å². The lowest BCUT2D eigenvalue weighted by atomic mass is 10.1. The number of benzene rings is 1. The number of carbonyl (C=O) groups is 1. The van der Waals surface area contributed by atoms with E-state index in [2.05, 4.69) is 19.6 Å². The molecule has 0 spiro atoms. The van der Waals surface area contributed by atoms with Crippen LogP contribution in [0, 0.1) is 0 Å². The van der Waals surface area contributed by atoms with Crippen LogP contribution in [0.3, 0.4) is 0 Å². The second-order valence-electron chi connectivity index (χ2n) is 5.30. The molecule has 0 fully saturated rings. The molecule has 3 nitrogen and oxygen atoms in total. The molecule has 1 aliphatic rings. The molecule has 0 aliphatic heterocycles. The molecule has 0 N–H and O–H groups in total. The molecule has 1 aromatic rings. The van der Waals surface area contributed by atoms with Gasteiger partial charge in [0.2, 0.25) is 8.32 Å². The summed E-state index contributed by atoms with van der Waals surface area (Å²) in [4.78, 5) is 11.6. The predicted octanol–water partition coefficient (Wildman–Crippen LogP) is 3.04. The number of fused-ring (bicyclic) bond motifs is 1. The first-order chi connectivity index (χ1) is 7.90. The maximum absolute atomic E-state index is 11.6. The van der Waals surface area contributed by atoms with Crippen molar-refractivity contribution in [1.82, 2.24) is 0 Å². The van der Waals surface area contributed by atoms with Crippen LogP contribution >= 0.6 is 0 Å². The standard InChI is InChI=1S/C13H18O3Si/c1-15-12-8-10-9(5-6-11(10)14)7-13(12)16-17(2,3)4/h7-8H,5-6H2,1-4H3. The Morgan fingerprint density at radius 2 is 1.82 bits per heavy atom. The molecule has 0 unspecified atom stereocenters. The highest BCUT2D eigenvalue weighted by Gasteiger charge is 2.25. The molecule has 0 radical (unpaired) electrons. The summed E-state index contributed by atoms with van der Waals surface area (Å²) >= 11 is 0. The van der Waals surface area contributed by atoms with Gasteiger partial charge in [-0.2, -0.15) is 0 Å². The smallest absolute Gasteiger partial charge is 0.242 e. The van der Waals surface area contributed by atoms with Crippen LogP contribution in [-0.4, -0.2) is 21.2 Å². The van der Waals surface area contributed by atoms with Gasteiger partial charge in [0.15, 0.2) is 11.5 Å². The van der Waals surface area contributed by atoms with Gasteiger partial charge in [-0.15, -0.1) is 0 Å². The van der Waals surface area contributed by atoms with Gasteiger partial charge in [0, 0.05) is 12.0 Å². The monoisotopic (exact) mass is 250 g/mol. The number of carbonyl (C=O) groups excluding carboxylic acids is 1. The maximum Gasteiger partial charge on any atom is 0.242 e. The maximum atomic E-state index is 11.6. The van der Waals surface area contributed by atoms with E-state index in [0.29, 0.717) is 12.2 Å². The Labute approximate surface area is 103 Å². The Balaban J connectivity index is 2.43. The van der Waals surface area contributed by atoms with Crippen molar-refractivity contribution in [2.75, 3.05) is 7.11 Å². The van der Waals surface area contributed by atoms with E-state index in [0.717, 1.165) is 23.3 Å². The zero-order valence-electron chi connectivity index (χ0n) is 10.8. The number of hydrogen-bond donors (Lipinski definition) is 0. The fourth-order valence-corrected chi connectivity index (χ4v) is 2.84. The van der Waals surface area contributed by atoms with E-state index in [1.165, 1.54) is 0 Å². The molecule has 0 saturated heterocycles. The van der Waals surface area contributed by atoms with Crippen LogP contribution in [-0.2, 0) is 6.42 Å². The molecule has 1 aliphatic carbocycles. The first-order valence-electron chi connectivity index (χ1n) is 5.84. The summed E-state index contributed by atoms with van der Waals surface area (Å²) in [7, 11) is -0.0509. The summed E-state index contributed by atoms with van der Waals surface area (Å²) in [6.07, 6.45) is 1.43. The molecular formula is C13H18O3Si. The summed E-state index contributed by atoms with van der Waals surface area (Å²) in [6, 6.07) is 3.79. The average Bonchev–Trinajstić information content (AvgIpc) is 2.56. The van der Waals surface area contributed by atoms with Gasteiger partial charge in [-0.05, 0) is 43.8 Å². The van der Waals surface area contributed by atoms with Crippen molar-refractivity contribution in [3.63, 3.8) is 0 Å². The van der Waals surface area contributed by atoms with Crippen LogP contribution in [0.25, 0.3) is 0 Å². The predicted molar refractivity (Wildman–Crippen MR) is 69.6 cm³/mol. The number of hydrogen-bond acceptors (Lipinski definition) is 3. The normalized spacial score (nSPS) is 14.7. The van der Waals surface area contributed by atoms with Gasteiger partial charge in [0.1, 0.15) is 5.75 Å². The highest BCUT2D eigenvalue weighted by molar-refractivity contribution is 6.70. The van der Waals surface area contributed by atoms with Crippen molar-refractivity contribution in [3.8, 4) is 11.5 Å².